The van der Waals surface area contributed by atoms with Crippen molar-refractivity contribution >= 4 is 11.9 Å². The van der Waals surface area contributed by atoms with Crippen LogP contribution in [0.2, 0.25) is 0 Å². The summed E-state index contributed by atoms with van der Waals surface area (Å²) >= 11 is 0. The van der Waals surface area contributed by atoms with Crippen LogP contribution in [0.15, 0.2) is 59.2 Å². The monoisotopic (exact) mass is 474 g/mol. The van der Waals surface area contributed by atoms with Crippen molar-refractivity contribution in [1.82, 2.24) is 10.3 Å². The lowest BCUT2D eigenvalue weighted by atomic mass is 9.86. The normalized spacial score (nSPS) is 14.1. The van der Waals surface area contributed by atoms with Gasteiger partial charge in [-0.1, -0.05) is 87.4 Å². The fourth-order valence-corrected chi connectivity index (χ4v) is 4.96. The first-order valence-electron chi connectivity index (χ1n) is 12.7. The van der Waals surface area contributed by atoms with Crippen molar-refractivity contribution in [3.63, 3.8) is 0 Å². The van der Waals surface area contributed by atoms with Crippen LogP contribution < -0.4 is 5.32 Å². The average Bonchev–Trinajstić information content (AvgIpc) is 3.35. The quantitative estimate of drug-likeness (QED) is 0.331. The maximum Gasteiger partial charge on any atom is 0.307 e. The Hall–Kier alpha value is -3.41. The summed E-state index contributed by atoms with van der Waals surface area (Å²) in [6.45, 7) is 0.650. The molecule has 35 heavy (non-hydrogen) atoms. The fraction of sp³-hybridized carbons (Fsp3) is 0.414. The highest BCUT2D eigenvalue weighted by molar-refractivity contribution is 5.92. The van der Waals surface area contributed by atoms with E-state index in [1.165, 1.54) is 44.8 Å². The molecule has 0 bridgehead atoms. The molecule has 1 fully saturated rings. The summed E-state index contributed by atoms with van der Waals surface area (Å²) in [7, 11) is 0. The van der Waals surface area contributed by atoms with Crippen molar-refractivity contribution in [1.29, 1.82) is 0 Å². The summed E-state index contributed by atoms with van der Waals surface area (Å²) in [5, 5.41) is 12.0. The van der Waals surface area contributed by atoms with Crippen LogP contribution in [0.5, 0.6) is 0 Å². The number of carbonyl (C=O) groups is 2. The second-order valence-electron chi connectivity index (χ2n) is 9.52. The van der Waals surface area contributed by atoms with Crippen LogP contribution in [0.3, 0.4) is 0 Å². The third kappa shape index (κ3) is 7.28. The van der Waals surface area contributed by atoms with Crippen LogP contribution in [0.25, 0.3) is 11.5 Å². The van der Waals surface area contributed by atoms with Gasteiger partial charge in [0.2, 0.25) is 5.89 Å². The highest BCUT2D eigenvalue weighted by Gasteiger charge is 2.16. The second-order valence-corrected chi connectivity index (χ2v) is 9.52. The number of carbonyl (C=O) groups excluding carboxylic acids is 1. The van der Waals surface area contributed by atoms with E-state index >= 15 is 0 Å². The minimum atomic E-state index is -0.850. The Morgan fingerprint density at radius 1 is 1.00 bits per heavy atom. The summed E-state index contributed by atoms with van der Waals surface area (Å²) in [5.74, 6) is 0.218. The van der Waals surface area contributed by atoms with Crippen LogP contribution in [-0.2, 0) is 17.6 Å². The molecule has 0 atom stereocenters. The van der Waals surface area contributed by atoms with Gasteiger partial charge >= 0.3 is 5.97 Å². The van der Waals surface area contributed by atoms with E-state index in [2.05, 4.69) is 10.3 Å². The number of aromatic nitrogens is 1. The van der Waals surface area contributed by atoms with Gasteiger partial charge in [-0.25, -0.2) is 4.98 Å². The standard InChI is InChI=1S/C29H34N2O4/c32-27(33)19-23-13-8-12-22(17-23)18-24-14-4-5-15-25(24)29-31-26(20-35-29)28(34)30-16-7-6-11-21-9-2-1-3-10-21/h4-5,8,12-15,17,20-21H,1-3,6-7,9-11,16,18-19H2,(H,30,34)(H,32,33). The molecule has 0 aliphatic heterocycles. The molecule has 1 amide bonds. The SMILES string of the molecule is O=C(O)Cc1cccc(Cc2ccccc2-c2nc(C(=O)NCCCCC3CCCCC3)co2)c1. The van der Waals surface area contributed by atoms with Gasteiger partial charge in [0.25, 0.3) is 5.91 Å². The number of unbranched alkanes of at least 4 members (excludes halogenated alkanes) is 1. The van der Waals surface area contributed by atoms with Crippen molar-refractivity contribution in [3.05, 3.63) is 77.2 Å². The molecule has 0 radical (unpaired) electrons. The topological polar surface area (TPSA) is 92.4 Å². The molecule has 2 N–H and O–H groups in total. The van der Waals surface area contributed by atoms with Gasteiger partial charge < -0.3 is 14.8 Å². The lowest BCUT2D eigenvalue weighted by Crippen LogP contribution is -2.24. The second kappa shape index (κ2) is 12.3. The zero-order chi connectivity index (χ0) is 24.5. The molecule has 4 rings (SSSR count). The summed E-state index contributed by atoms with van der Waals surface area (Å²) in [5.41, 5.74) is 3.87. The Kier molecular flexibility index (Phi) is 8.71. The molecule has 1 aliphatic carbocycles. The van der Waals surface area contributed by atoms with Crippen molar-refractivity contribution in [2.24, 2.45) is 5.92 Å². The number of aliphatic carboxylic acids is 1. The third-order valence-electron chi connectivity index (χ3n) is 6.78. The zero-order valence-corrected chi connectivity index (χ0v) is 20.2. The molecule has 184 valence electrons. The van der Waals surface area contributed by atoms with Gasteiger partial charge in [-0.3, -0.25) is 9.59 Å². The van der Waals surface area contributed by atoms with E-state index in [9.17, 15) is 9.59 Å². The van der Waals surface area contributed by atoms with Crippen LogP contribution in [0, 0.1) is 5.92 Å². The Morgan fingerprint density at radius 2 is 1.80 bits per heavy atom. The van der Waals surface area contributed by atoms with Crippen molar-refractivity contribution in [3.8, 4) is 11.5 Å². The Labute approximate surface area is 206 Å². The predicted molar refractivity (Wildman–Crippen MR) is 135 cm³/mol. The molecule has 1 aliphatic rings. The molecule has 6 nitrogen and oxygen atoms in total. The number of amides is 1. The summed E-state index contributed by atoms with van der Waals surface area (Å²) in [4.78, 5) is 28.1. The molecule has 0 unspecified atom stereocenters. The maximum atomic E-state index is 12.6. The van der Waals surface area contributed by atoms with Crippen molar-refractivity contribution < 1.29 is 19.1 Å². The summed E-state index contributed by atoms with van der Waals surface area (Å²) in [6.07, 6.45) is 12.3. The lowest BCUT2D eigenvalue weighted by Gasteiger charge is -2.21. The van der Waals surface area contributed by atoms with Crippen LogP contribution in [-0.4, -0.2) is 28.5 Å². The van der Waals surface area contributed by atoms with Gasteiger partial charge in [-0.05, 0) is 41.5 Å². The molecule has 1 saturated carbocycles. The smallest absolute Gasteiger partial charge is 0.307 e. The van der Waals surface area contributed by atoms with Crippen molar-refractivity contribution in [2.75, 3.05) is 6.54 Å². The van der Waals surface area contributed by atoms with Gasteiger partial charge in [0.05, 0.1) is 6.42 Å². The van der Waals surface area contributed by atoms with Gasteiger partial charge in [-0.15, -0.1) is 0 Å². The highest BCUT2D eigenvalue weighted by Crippen LogP contribution is 2.28. The first-order chi connectivity index (χ1) is 17.1. The molecule has 6 heteroatoms. The fourth-order valence-electron chi connectivity index (χ4n) is 4.96. The number of carboxylic acid groups (broad SMARTS) is 1. The van der Waals surface area contributed by atoms with Gasteiger partial charge in [0, 0.05) is 12.1 Å². The van der Waals surface area contributed by atoms with E-state index in [-0.39, 0.29) is 18.0 Å². The lowest BCUT2D eigenvalue weighted by molar-refractivity contribution is -0.136. The van der Waals surface area contributed by atoms with E-state index in [4.69, 9.17) is 9.52 Å². The number of benzene rings is 2. The van der Waals surface area contributed by atoms with E-state index in [1.54, 1.807) is 0 Å². The molecule has 1 aromatic heterocycles. The van der Waals surface area contributed by atoms with E-state index < -0.39 is 5.97 Å². The van der Waals surface area contributed by atoms with Crippen molar-refractivity contribution in [2.45, 2.75) is 64.2 Å². The van der Waals surface area contributed by atoms with E-state index in [0.717, 1.165) is 41.0 Å². The molecule has 2 aromatic carbocycles. The largest absolute Gasteiger partial charge is 0.481 e. The average molecular weight is 475 g/mol. The molecule has 3 aromatic rings. The maximum absolute atomic E-state index is 12.6. The molecular weight excluding hydrogens is 440 g/mol. The van der Waals surface area contributed by atoms with Crippen LogP contribution in [0.1, 0.15) is 78.5 Å². The van der Waals surface area contributed by atoms with E-state index in [1.807, 2.05) is 48.5 Å². The number of oxazole rings is 1. The highest BCUT2D eigenvalue weighted by atomic mass is 16.4. The van der Waals surface area contributed by atoms with Crippen LogP contribution >= 0.6 is 0 Å². The van der Waals surface area contributed by atoms with Crippen LogP contribution in [0.4, 0.5) is 0 Å². The minimum Gasteiger partial charge on any atom is -0.481 e. The van der Waals surface area contributed by atoms with Gasteiger partial charge in [0.1, 0.15) is 6.26 Å². The predicted octanol–water partition coefficient (Wildman–Crippen LogP) is 6.04. The molecule has 0 saturated heterocycles. The summed E-state index contributed by atoms with van der Waals surface area (Å²) in [6, 6.07) is 15.4. The molecule has 0 spiro atoms. The first-order valence-corrected chi connectivity index (χ1v) is 12.7. The number of rotatable bonds is 11. The van der Waals surface area contributed by atoms with Gasteiger partial charge in [0.15, 0.2) is 5.69 Å². The number of nitrogens with zero attached hydrogens (tertiary/aromatic N) is 1. The zero-order valence-electron chi connectivity index (χ0n) is 20.2. The number of carboxylic acids is 1. The number of nitrogens with one attached hydrogen (secondary N) is 1. The van der Waals surface area contributed by atoms with Gasteiger partial charge in [-0.2, -0.15) is 0 Å². The molecular formula is C29H34N2O4. The first kappa shape index (κ1) is 24.7. The minimum absolute atomic E-state index is 0.00568. The number of hydrogen-bond donors (Lipinski definition) is 2. The Balaban J connectivity index is 1.33. The Morgan fingerprint density at radius 3 is 2.63 bits per heavy atom. The van der Waals surface area contributed by atoms with E-state index in [0.29, 0.717) is 18.9 Å². The number of hydrogen-bond acceptors (Lipinski definition) is 4. The Bertz CT molecular complexity index is 1130. The molecule has 1 heterocycles. The third-order valence-corrected chi connectivity index (χ3v) is 6.78. The summed E-state index contributed by atoms with van der Waals surface area (Å²) < 4.78 is 5.68.